The predicted octanol–water partition coefficient (Wildman–Crippen LogP) is 1.02. The second-order valence-corrected chi connectivity index (χ2v) is 12.7. The zero-order chi connectivity index (χ0) is 31.1. The van der Waals surface area contributed by atoms with Crippen LogP contribution in [0.1, 0.15) is 23.0 Å². The highest BCUT2D eigenvalue weighted by atomic mass is 31.3. The molecule has 3 rings (SSSR count). The summed E-state index contributed by atoms with van der Waals surface area (Å²) in [5.41, 5.74) is 8.31. The van der Waals surface area contributed by atoms with Gasteiger partial charge in [0.25, 0.3) is 5.91 Å². The van der Waals surface area contributed by atoms with Crippen LogP contribution in [0.25, 0.3) is 10.4 Å². The van der Waals surface area contributed by atoms with Gasteiger partial charge in [0.2, 0.25) is 0 Å². The summed E-state index contributed by atoms with van der Waals surface area (Å²) in [7, 11) is -16.7. The van der Waals surface area contributed by atoms with Gasteiger partial charge in [-0.2, -0.15) is 13.6 Å². The van der Waals surface area contributed by atoms with Gasteiger partial charge in [-0.1, -0.05) is 17.2 Å². The number of ether oxygens (including phenoxy) is 1. The zero-order valence-electron chi connectivity index (χ0n) is 21.0. The average molecular weight is 655 g/mol. The standard InChI is InChI=1S/C18H24N7O14P3/c19-24-23-12-3-1-11(2-4-12)17(27)21-7-6-20-15-5-8-25(18(28)22-15)16-9-13(26)14(37-16)10-36-41(32,33)39-42(34,35)38-40(29,30)31/h1-5,8,13-14,16,26H,6-7,9-10H2,(H,21,27)(H,32,33)(H,34,35)(H,20,22,28)(H2,29,30,31)/t13-,14+,16+/m0/s1. The number of carbonyl (C=O) groups is 1. The molecule has 0 saturated carbocycles. The Morgan fingerprint density at radius 2 is 1.81 bits per heavy atom. The molecule has 1 amide bonds. The maximum absolute atomic E-state index is 12.5. The molecule has 2 heterocycles. The molecule has 42 heavy (non-hydrogen) atoms. The molecule has 2 unspecified atom stereocenters. The topological polar surface area (TPSA) is 314 Å². The van der Waals surface area contributed by atoms with E-state index in [-0.39, 0.29) is 31.2 Å². The fourth-order valence-electron chi connectivity index (χ4n) is 3.44. The zero-order valence-corrected chi connectivity index (χ0v) is 23.7. The van der Waals surface area contributed by atoms with E-state index in [1.54, 1.807) is 0 Å². The molecule has 0 bridgehead atoms. The molecule has 1 aliphatic heterocycles. The highest BCUT2D eigenvalue weighted by Gasteiger charge is 2.43. The quantitative estimate of drug-likeness (QED) is 0.0491. The van der Waals surface area contributed by atoms with E-state index < -0.39 is 54.2 Å². The van der Waals surface area contributed by atoms with Gasteiger partial charge in [0.1, 0.15) is 18.1 Å². The van der Waals surface area contributed by atoms with Crippen LogP contribution in [0.5, 0.6) is 0 Å². The molecule has 0 aliphatic carbocycles. The molecular weight excluding hydrogens is 631 g/mol. The van der Waals surface area contributed by atoms with Crippen molar-refractivity contribution in [3.63, 3.8) is 0 Å². The van der Waals surface area contributed by atoms with Crippen molar-refractivity contribution in [2.75, 3.05) is 25.0 Å². The third-order valence-corrected chi connectivity index (χ3v) is 8.97. The molecule has 1 fully saturated rings. The van der Waals surface area contributed by atoms with Gasteiger partial charge >= 0.3 is 29.2 Å². The van der Waals surface area contributed by atoms with Crippen molar-refractivity contribution >= 4 is 40.9 Å². The van der Waals surface area contributed by atoms with Crippen molar-refractivity contribution in [3.8, 4) is 0 Å². The Morgan fingerprint density at radius 3 is 2.43 bits per heavy atom. The number of benzene rings is 1. The van der Waals surface area contributed by atoms with Gasteiger partial charge in [-0.3, -0.25) is 13.9 Å². The second kappa shape index (κ2) is 14.0. The fraction of sp³-hybridized carbons (Fsp3) is 0.389. The number of aliphatic hydroxyl groups excluding tert-OH is 1. The molecule has 21 nitrogen and oxygen atoms in total. The Hall–Kier alpha value is -2.99. The first kappa shape index (κ1) is 33.5. The van der Waals surface area contributed by atoms with E-state index in [9.17, 15) is 38.2 Å². The van der Waals surface area contributed by atoms with E-state index in [0.29, 0.717) is 11.3 Å². The summed E-state index contributed by atoms with van der Waals surface area (Å²) in [4.78, 5) is 67.0. The van der Waals surface area contributed by atoms with Gasteiger partial charge in [-0.15, -0.1) is 0 Å². The van der Waals surface area contributed by atoms with Crippen LogP contribution in [0.3, 0.4) is 0 Å². The van der Waals surface area contributed by atoms with E-state index in [0.717, 1.165) is 4.57 Å². The van der Waals surface area contributed by atoms with Crippen LogP contribution in [-0.4, -0.2) is 72.0 Å². The maximum Gasteiger partial charge on any atom is 0.490 e. The van der Waals surface area contributed by atoms with Gasteiger partial charge in [-0.05, 0) is 23.7 Å². The maximum atomic E-state index is 12.5. The SMILES string of the molecule is [N-]=[N+]=Nc1ccc(C(=O)NCCNc2ccn([C@H]3C[C@H](O)[C@@H](COP(=O)(O)OP(=O)(O)OP(=O)(O)O)O3)c(=O)n2)cc1. The number of nitrogens with zero attached hydrogens (tertiary/aromatic N) is 5. The Morgan fingerprint density at radius 1 is 1.12 bits per heavy atom. The second-order valence-electron chi connectivity index (χ2n) is 8.24. The number of amides is 1. The van der Waals surface area contributed by atoms with Crippen molar-refractivity contribution in [2.45, 2.75) is 24.9 Å². The Kier molecular flexibility index (Phi) is 11.2. The lowest BCUT2D eigenvalue weighted by atomic mass is 10.2. The smallest absolute Gasteiger partial charge is 0.390 e. The van der Waals surface area contributed by atoms with Gasteiger partial charge in [0, 0.05) is 41.9 Å². The normalized spacial score (nSPS) is 21.5. The molecule has 1 saturated heterocycles. The molecule has 7 N–H and O–H groups in total. The van der Waals surface area contributed by atoms with E-state index in [1.807, 2.05) is 0 Å². The fourth-order valence-corrected chi connectivity index (χ4v) is 6.47. The van der Waals surface area contributed by atoms with Crippen LogP contribution in [-0.2, 0) is 31.6 Å². The minimum absolute atomic E-state index is 0.159. The van der Waals surface area contributed by atoms with Crippen LogP contribution in [0.4, 0.5) is 11.5 Å². The summed E-state index contributed by atoms with van der Waals surface area (Å²) in [6, 6.07) is 7.35. The molecule has 5 atom stereocenters. The summed E-state index contributed by atoms with van der Waals surface area (Å²) < 4.78 is 52.1. The lowest BCUT2D eigenvalue weighted by molar-refractivity contribution is -0.0449. The van der Waals surface area contributed by atoms with Crippen LogP contribution >= 0.6 is 23.5 Å². The molecule has 24 heteroatoms. The number of anilines is 1. The molecule has 1 aliphatic rings. The highest BCUT2D eigenvalue weighted by Crippen LogP contribution is 2.66. The first-order chi connectivity index (χ1) is 19.6. The van der Waals surface area contributed by atoms with Crippen molar-refractivity contribution < 1.29 is 61.1 Å². The van der Waals surface area contributed by atoms with Crippen LogP contribution in [0.15, 0.2) is 46.4 Å². The van der Waals surface area contributed by atoms with Crippen molar-refractivity contribution in [2.24, 2.45) is 5.11 Å². The average Bonchev–Trinajstić information content (AvgIpc) is 3.24. The number of azide groups is 1. The monoisotopic (exact) mass is 655 g/mol. The van der Waals surface area contributed by atoms with Crippen LogP contribution in [0, 0.1) is 0 Å². The largest absolute Gasteiger partial charge is 0.490 e. The molecule has 0 spiro atoms. The van der Waals surface area contributed by atoms with Gasteiger partial charge in [0.15, 0.2) is 0 Å². The minimum Gasteiger partial charge on any atom is -0.390 e. The van der Waals surface area contributed by atoms with E-state index in [1.165, 1.54) is 36.5 Å². The molecule has 0 radical (unpaired) electrons. The third kappa shape index (κ3) is 10.4. The number of nitrogens with one attached hydrogen (secondary N) is 2. The number of phosphoric ester groups is 1. The predicted molar refractivity (Wildman–Crippen MR) is 139 cm³/mol. The van der Waals surface area contributed by atoms with Gasteiger partial charge < -0.3 is 40.1 Å². The lowest BCUT2D eigenvalue weighted by Crippen LogP contribution is -2.30. The lowest BCUT2D eigenvalue weighted by Gasteiger charge is -2.19. The molecule has 1 aromatic heterocycles. The number of aromatic nitrogens is 2. The van der Waals surface area contributed by atoms with Crippen molar-refractivity contribution in [1.29, 1.82) is 0 Å². The summed E-state index contributed by atoms with van der Waals surface area (Å²) >= 11 is 0. The molecule has 230 valence electrons. The number of carbonyl (C=O) groups excluding carboxylic acids is 1. The number of aliphatic hydroxyl groups is 1. The number of hydrogen-bond acceptors (Lipinski definition) is 13. The van der Waals surface area contributed by atoms with E-state index in [2.05, 4.69) is 38.8 Å². The molecule has 2 aromatic rings. The molecular formula is C18H24N7O14P3. The van der Waals surface area contributed by atoms with Crippen LogP contribution < -0.4 is 16.3 Å². The van der Waals surface area contributed by atoms with Crippen LogP contribution in [0.2, 0.25) is 0 Å². The Balaban J connectivity index is 1.48. The first-order valence-electron chi connectivity index (χ1n) is 11.5. The van der Waals surface area contributed by atoms with Gasteiger partial charge in [-0.25, -0.2) is 18.5 Å². The molecule has 1 aromatic carbocycles. The number of hydrogen-bond donors (Lipinski definition) is 7. The summed E-state index contributed by atoms with van der Waals surface area (Å²) in [5.74, 6) is -0.223. The summed E-state index contributed by atoms with van der Waals surface area (Å²) in [5, 5.41) is 19.1. The first-order valence-corrected chi connectivity index (χ1v) is 16.0. The highest BCUT2D eigenvalue weighted by molar-refractivity contribution is 7.66. The van der Waals surface area contributed by atoms with Crippen molar-refractivity contribution in [1.82, 2.24) is 14.9 Å². The number of phosphoric acid groups is 3. The Labute approximate surface area is 235 Å². The number of rotatable bonds is 14. The summed E-state index contributed by atoms with van der Waals surface area (Å²) in [6.07, 6.45) is -2.65. The van der Waals surface area contributed by atoms with Crippen molar-refractivity contribution in [3.05, 3.63) is 63.0 Å². The van der Waals surface area contributed by atoms with E-state index >= 15 is 0 Å². The minimum atomic E-state index is -5.71. The summed E-state index contributed by atoms with van der Waals surface area (Å²) in [6.45, 7) is -0.538. The Bertz CT molecular complexity index is 1530. The van der Waals surface area contributed by atoms with E-state index in [4.69, 9.17) is 20.1 Å². The third-order valence-electron chi connectivity index (χ3n) is 5.17. The van der Waals surface area contributed by atoms with Gasteiger partial charge in [0.05, 0.1) is 12.7 Å².